The number of rotatable bonds is 9. The van der Waals surface area contributed by atoms with Crippen molar-refractivity contribution in [3.63, 3.8) is 0 Å². The highest BCUT2D eigenvalue weighted by molar-refractivity contribution is 7.09. The standard InChI is InChI=1S/C23H27N7OS/c1-31-12-9-25-22-20-23(30(16-26-20)14-17-6-3-2-4-7-17)28-21(27-22)18-8-5-11-29(18)15-19-24-10-13-32-19/h2-4,6-7,10,13,16,18H,5,8-9,11-12,14-15H2,1H3,(H,25,27,28). The molecule has 9 heteroatoms. The fourth-order valence-electron chi connectivity index (χ4n) is 4.21. The van der Waals surface area contributed by atoms with Gasteiger partial charge in [-0.25, -0.2) is 19.9 Å². The van der Waals surface area contributed by atoms with Gasteiger partial charge < -0.3 is 14.6 Å². The highest BCUT2D eigenvalue weighted by Crippen LogP contribution is 2.33. The molecule has 4 aromatic rings. The summed E-state index contributed by atoms with van der Waals surface area (Å²) < 4.78 is 7.33. The molecule has 0 saturated carbocycles. The van der Waals surface area contributed by atoms with Gasteiger partial charge in [-0.3, -0.25) is 4.90 Å². The summed E-state index contributed by atoms with van der Waals surface area (Å²) in [6.07, 6.45) is 5.90. The number of fused-ring (bicyclic) bond motifs is 1. The number of hydrogen-bond donors (Lipinski definition) is 1. The molecule has 1 aliphatic heterocycles. The van der Waals surface area contributed by atoms with Gasteiger partial charge in [0.2, 0.25) is 0 Å². The van der Waals surface area contributed by atoms with Crippen molar-refractivity contribution in [2.45, 2.75) is 32.0 Å². The third-order valence-corrected chi connectivity index (χ3v) is 6.52. The fourth-order valence-corrected chi connectivity index (χ4v) is 4.85. The lowest BCUT2D eigenvalue weighted by molar-refractivity contribution is 0.210. The van der Waals surface area contributed by atoms with Crippen molar-refractivity contribution >= 4 is 28.3 Å². The van der Waals surface area contributed by atoms with E-state index in [9.17, 15) is 0 Å². The molecular weight excluding hydrogens is 422 g/mol. The van der Waals surface area contributed by atoms with E-state index in [2.05, 4.69) is 49.0 Å². The first-order valence-corrected chi connectivity index (χ1v) is 11.8. The number of imidazole rings is 1. The maximum absolute atomic E-state index is 5.22. The minimum absolute atomic E-state index is 0.173. The van der Waals surface area contributed by atoms with Crippen molar-refractivity contribution in [2.24, 2.45) is 0 Å². The summed E-state index contributed by atoms with van der Waals surface area (Å²) in [5.74, 6) is 1.62. The third kappa shape index (κ3) is 4.50. The van der Waals surface area contributed by atoms with Crippen molar-refractivity contribution in [1.82, 2.24) is 29.4 Å². The Morgan fingerprint density at radius 3 is 2.88 bits per heavy atom. The first kappa shape index (κ1) is 21.0. The van der Waals surface area contributed by atoms with E-state index >= 15 is 0 Å². The highest BCUT2D eigenvalue weighted by Gasteiger charge is 2.30. The molecule has 1 aromatic carbocycles. The predicted molar refractivity (Wildman–Crippen MR) is 126 cm³/mol. The molecule has 3 aromatic heterocycles. The Morgan fingerprint density at radius 1 is 1.16 bits per heavy atom. The minimum atomic E-state index is 0.173. The number of methoxy groups -OCH3 is 1. The second-order valence-electron chi connectivity index (χ2n) is 7.93. The summed E-state index contributed by atoms with van der Waals surface area (Å²) in [5.41, 5.74) is 2.87. The zero-order valence-corrected chi connectivity index (χ0v) is 19.0. The van der Waals surface area contributed by atoms with Crippen LogP contribution in [-0.2, 0) is 17.8 Å². The molecule has 32 heavy (non-hydrogen) atoms. The van der Waals surface area contributed by atoms with Gasteiger partial charge in [0.25, 0.3) is 0 Å². The summed E-state index contributed by atoms with van der Waals surface area (Å²) >= 11 is 1.70. The van der Waals surface area contributed by atoms with Gasteiger partial charge >= 0.3 is 0 Å². The van der Waals surface area contributed by atoms with Gasteiger partial charge in [0, 0.05) is 25.2 Å². The number of nitrogens with zero attached hydrogens (tertiary/aromatic N) is 6. The SMILES string of the molecule is COCCNc1nc(C2CCCN2Cc2nccs2)nc2c1ncn2Cc1ccccc1. The maximum atomic E-state index is 5.22. The minimum Gasteiger partial charge on any atom is -0.383 e. The summed E-state index contributed by atoms with van der Waals surface area (Å²) in [4.78, 5) is 21.6. The van der Waals surface area contributed by atoms with Gasteiger partial charge in [0.05, 0.1) is 32.1 Å². The first-order valence-electron chi connectivity index (χ1n) is 10.9. The molecule has 4 heterocycles. The van der Waals surface area contributed by atoms with Gasteiger partial charge in [0.15, 0.2) is 11.5 Å². The van der Waals surface area contributed by atoms with Gasteiger partial charge in [-0.2, -0.15) is 0 Å². The smallest absolute Gasteiger partial charge is 0.166 e. The number of ether oxygens (including phenoxy) is 1. The van der Waals surface area contributed by atoms with E-state index in [1.54, 1.807) is 18.4 Å². The van der Waals surface area contributed by atoms with Crippen LogP contribution >= 0.6 is 11.3 Å². The normalized spacial score (nSPS) is 16.7. The molecule has 0 aliphatic carbocycles. The molecule has 0 bridgehead atoms. The van der Waals surface area contributed by atoms with Crippen LogP contribution in [0.3, 0.4) is 0 Å². The van der Waals surface area contributed by atoms with Gasteiger partial charge in [-0.05, 0) is 24.9 Å². The van der Waals surface area contributed by atoms with E-state index in [1.807, 2.05) is 24.0 Å². The lowest BCUT2D eigenvalue weighted by Crippen LogP contribution is -2.25. The van der Waals surface area contributed by atoms with Crippen molar-refractivity contribution < 1.29 is 4.74 Å². The van der Waals surface area contributed by atoms with Crippen molar-refractivity contribution in [2.75, 3.05) is 32.1 Å². The Bertz CT molecular complexity index is 1150. The number of aromatic nitrogens is 5. The van der Waals surface area contributed by atoms with Crippen LogP contribution in [0, 0.1) is 0 Å². The molecule has 5 rings (SSSR count). The summed E-state index contributed by atoms with van der Waals surface area (Å²) in [5, 5.41) is 6.57. The number of hydrogen-bond acceptors (Lipinski definition) is 8. The van der Waals surface area contributed by atoms with Crippen LogP contribution < -0.4 is 5.32 Å². The summed E-state index contributed by atoms with van der Waals surface area (Å²) in [6.45, 7) is 3.85. The van der Waals surface area contributed by atoms with Gasteiger partial charge in [-0.1, -0.05) is 30.3 Å². The van der Waals surface area contributed by atoms with Crippen LogP contribution in [0.4, 0.5) is 5.82 Å². The van der Waals surface area contributed by atoms with Crippen LogP contribution in [-0.4, -0.2) is 56.2 Å². The second kappa shape index (κ2) is 9.72. The molecule has 0 amide bonds. The van der Waals surface area contributed by atoms with Crippen LogP contribution in [0.15, 0.2) is 48.2 Å². The molecular formula is C23H27N7OS. The predicted octanol–water partition coefficient (Wildman–Crippen LogP) is 3.73. The van der Waals surface area contributed by atoms with Crippen LogP contribution in [0.5, 0.6) is 0 Å². The lowest BCUT2D eigenvalue weighted by atomic mass is 10.2. The molecule has 1 N–H and O–H groups in total. The van der Waals surface area contributed by atoms with E-state index in [0.717, 1.165) is 60.3 Å². The van der Waals surface area contributed by atoms with Crippen LogP contribution in [0.1, 0.15) is 35.3 Å². The number of likely N-dealkylation sites (tertiary alicyclic amines) is 1. The van der Waals surface area contributed by atoms with E-state index in [0.29, 0.717) is 13.2 Å². The summed E-state index contributed by atoms with van der Waals surface area (Å²) in [7, 11) is 1.70. The van der Waals surface area contributed by atoms with Crippen molar-refractivity contribution in [3.8, 4) is 0 Å². The maximum Gasteiger partial charge on any atom is 0.166 e. The zero-order chi connectivity index (χ0) is 21.8. The molecule has 1 atom stereocenters. The molecule has 1 aliphatic rings. The van der Waals surface area contributed by atoms with Gasteiger partial charge in [-0.15, -0.1) is 11.3 Å². The Kier molecular flexibility index (Phi) is 6.38. The largest absolute Gasteiger partial charge is 0.383 e. The van der Waals surface area contributed by atoms with E-state index in [1.165, 1.54) is 5.56 Å². The Labute approximate surface area is 191 Å². The van der Waals surface area contributed by atoms with Crippen LogP contribution in [0.25, 0.3) is 11.2 Å². The first-order chi connectivity index (χ1) is 15.8. The average molecular weight is 450 g/mol. The topological polar surface area (TPSA) is 81.0 Å². The fraction of sp³-hybridized carbons (Fsp3) is 0.391. The van der Waals surface area contributed by atoms with Crippen molar-refractivity contribution in [1.29, 1.82) is 0 Å². The van der Waals surface area contributed by atoms with E-state index < -0.39 is 0 Å². The molecule has 1 unspecified atom stereocenters. The monoisotopic (exact) mass is 449 g/mol. The molecule has 0 radical (unpaired) electrons. The van der Waals surface area contributed by atoms with Crippen LogP contribution in [0.2, 0.25) is 0 Å². The lowest BCUT2D eigenvalue weighted by Gasteiger charge is -2.23. The average Bonchev–Trinajstić information content (AvgIpc) is 3.57. The Hall–Kier alpha value is -2.88. The van der Waals surface area contributed by atoms with E-state index in [4.69, 9.17) is 14.7 Å². The highest BCUT2D eigenvalue weighted by atomic mass is 32.1. The molecule has 166 valence electrons. The van der Waals surface area contributed by atoms with Gasteiger partial charge in [0.1, 0.15) is 16.3 Å². The summed E-state index contributed by atoms with van der Waals surface area (Å²) in [6, 6.07) is 10.6. The van der Waals surface area contributed by atoms with Crippen molar-refractivity contribution in [3.05, 3.63) is 64.6 Å². The molecule has 0 spiro atoms. The Balaban J connectivity index is 1.50. The second-order valence-corrected chi connectivity index (χ2v) is 8.91. The number of anilines is 1. The Morgan fingerprint density at radius 2 is 2.06 bits per heavy atom. The van der Waals surface area contributed by atoms with E-state index in [-0.39, 0.29) is 6.04 Å². The number of thiazole rings is 1. The molecule has 1 saturated heterocycles. The number of benzene rings is 1. The quantitative estimate of drug-likeness (QED) is 0.390. The molecule has 1 fully saturated rings. The zero-order valence-electron chi connectivity index (χ0n) is 18.1. The third-order valence-electron chi connectivity index (χ3n) is 5.76. The number of nitrogens with one attached hydrogen (secondary N) is 1. The molecule has 8 nitrogen and oxygen atoms in total.